The molecule has 1 N–H and O–H groups in total. The van der Waals surface area contributed by atoms with Crippen LogP contribution < -0.4 is 5.32 Å². The highest BCUT2D eigenvalue weighted by Crippen LogP contribution is 2.05. The van der Waals surface area contributed by atoms with Gasteiger partial charge in [0.1, 0.15) is 0 Å². The molecule has 1 rings (SSSR count). The molecule has 2 unspecified atom stereocenters. The molecule has 1 aliphatic rings. The Morgan fingerprint density at radius 3 is 2.62 bits per heavy atom. The van der Waals surface area contributed by atoms with Crippen LogP contribution in [-0.4, -0.2) is 19.4 Å². The van der Waals surface area contributed by atoms with E-state index in [1.54, 1.807) is 0 Å². The average Bonchev–Trinajstić information content (AvgIpc) is 1.77. The molecule has 0 radical (unpaired) electrons. The van der Waals surface area contributed by atoms with Gasteiger partial charge in [0.15, 0.2) is 0 Å². The van der Waals surface area contributed by atoms with Crippen LogP contribution in [0.2, 0.25) is 0 Å². The minimum absolute atomic E-state index is 0.628. The van der Waals surface area contributed by atoms with Crippen molar-refractivity contribution in [2.75, 3.05) is 13.3 Å². The van der Waals surface area contributed by atoms with Gasteiger partial charge in [-0.3, -0.25) is 5.32 Å². The van der Waals surface area contributed by atoms with E-state index in [1.807, 2.05) is 0 Å². The summed E-state index contributed by atoms with van der Waals surface area (Å²) in [5.74, 6) is 0.670. The third kappa shape index (κ3) is 1.20. The zero-order valence-corrected chi connectivity index (χ0v) is 5.48. The van der Waals surface area contributed by atoms with Crippen molar-refractivity contribution in [2.45, 2.75) is 19.9 Å². The molecule has 0 aromatic rings. The standard InChI is InChI=1S/C6H13NO/c1-5-3-8-4-7-6(5)2/h5-7H,3-4H2,1-2H3. The van der Waals surface area contributed by atoms with Crippen molar-refractivity contribution in [3.8, 4) is 0 Å². The molecule has 48 valence electrons. The highest BCUT2D eigenvalue weighted by atomic mass is 16.5. The lowest BCUT2D eigenvalue weighted by Gasteiger charge is -2.26. The lowest BCUT2D eigenvalue weighted by molar-refractivity contribution is 0.0288. The van der Waals surface area contributed by atoms with Gasteiger partial charge in [-0.1, -0.05) is 6.92 Å². The summed E-state index contributed by atoms with van der Waals surface area (Å²) in [5.41, 5.74) is 0. The van der Waals surface area contributed by atoms with E-state index in [1.165, 1.54) is 0 Å². The molecule has 1 fully saturated rings. The first-order chi connectivity index (χ1) is 3.80. The first-order valence-corrected chi connectivity index (χ1v) is 3.12. The van der Waals surface area contributed by atoms with Crippen LogP contribution >= 0.6 is 0 Å². The summed E-state index contributed by atoms with van der Waals surface area (Å²) < 4.78 is 5.14. The molecule has 0 spiro atoms. The number of hydrogen-bond acceptors (Lipinski definition) is 2. The predicted octanol–water partition coefficient (Wildman–Crippen LogP) is 0.588. The van der Waals surface area contributed by atoms with E-state index in [0.29, 0.717) is 12.0 Å². The Kier molecular flexibility index (Phi) is 1.86. The van der Waals surface area contributed by atoms with E-state index in [2.05, 4.69) is 19.2 Å². The second-order valence-electron chi connectivity index (χ2n) is 2.49. The molecule has 2 nitrogen and oxygen atoms in total. The largest absolute Gasteiger partial charge is 0.366 e. The Labute approximate surface area is 50.2 Å². The summed E-state index contributed by atoms with van der Waals surface area (Å²) in [6, 6.07) is 0.628. The Morgan fingerprint density at radius 2 is 2.25 bits per heavy atom. The second kappa shape index (κ2) is 2.46. The fourth-order valence-corrected chi connectivity index (χ4v) is 0.781. The third-order valence-corrected chi connectivity index (χ3v) is 1.74. The summed E-state index contributed by atoms with van der Waals surface area (Å²) >= 11 is 0. The van der Waals surface area contributed by atoms with Crippen LogP contribution in [0.1, 0.15) is 13.8 Å². The van der Waals surface area contributed by atoms with Crippen LogP contribution in [0, 0.1) is 5.92 Å². The fourth-order valence-electron chi connectivity index (χ4n) is 0.781. The van der Waals surface area contributed by atoms with E-state index in [9.17, 15) is 0 Å². The first kappa shape index (κ1) is 6.05. The zero-order valence-electron chi connectivity index (χ0n) is 5.48. The van der Waals surface area contributed by atoms with E-state index < -0.39 is 0 Å². The van der Waals surface area contributed by atoms with Crippen molar-refractivity contribution in [1.29, 1.82) is 0 Å². The van der Waals surface area contributed by atoms with Gasteiger partial charge in [-0.15, -0.1) is 0 Å². The lowest BCUT2D eigenvalue weighted by Crippen LogP contribution is -2.41. The molecule has 0 saturated carbocycles. The average molecular weight is 115 g/mol. The van der Waals surface area contributed by atoms with Gasteiger partial charge in [-0.05, 0) is 12.8 Å². The molecular formula is C6H13NO. The van der Waals surface area contributed by atoms with Crippen LogP contribution in [0.4, 0.5) is 0 Å². The number of ether oxygens (including phenoxy) is 1. The van der Waals surface area contributed by atoms with Gasteiger partial charge in [0, 0.05) is 6.04 Å². The zero-order chi connectivity index (χ0) is 5.98. The predicted molar refractivity (Wildman–Crippen MR) is 32.6 cm³/mol. The smallest absolute Gasteiger partial charge is 0.0967 e. The Morgan fingerprint density at radius 1 is 1.50 bits per heavy atom. The molecular weight excluding hydrogens is 102 g/mol. The molecule has 0 aliphatic carbocycles. The Hall–Kier alpha value is -0.0800. The molecule has 2 atom stereocenters. The van der Waals surface area contributed by atoms with E-state index in [-0.39, 0.29) is 0 Å². The Balaban J connectivity index is 2.28. The maximum absolute atomic E-state index is 5.14. The van der Waals surface area contributed by atoms with Gasteiger partial charge in [0.25, 0.3) is 0 Å². The second-order valence-corrected chi connectivity index (χ2v) is 2.49. The van der Waals surface area contributed by atoms with Crippen molar-refractivity contribution in [1.82, 2.24) is 5.32 Å². The van der Waals surface area contributed by atoms with Crippen LogP contribution in [0.5, 0.6) is 0 Å². The topological polar surface area (TPSA) is 21.3 Å². The Bertz CT molecular complexity index is 64.9. The normalized spacial score (nSPS) is 39.8. The SMILES string of the molecule is CC1COCNC1C. The van der Waals surface area contributed by atoms with Gasteiger partial charge in [-0.25, -0.2) is 0 Å². The fraction of sp³-hybridized carbons (Fsp3) is 1.00. The number of hydrogen-bond donors (Lipinski definition) is 1. The molecule has 0 aromatic heterocycles. The van der Waals surface area contributed by atoms with Gasteiger partial charge in [0.05, 0.1) is 13.3 Å². The maximum atomic E-state index is 5.14. The molecule has 1 aliphatic heterocycles. The first-order valence-electron chi connectivity index (χ1n) is 3.12. The highest BCUT2D eigenvalue weighted by Gasteiger charge is 2.15. The minimum Gasteiger partial charge on any atom is -0.366 e. The summed E-state index contributed by atoms with van der Waals surface area (Å²) in [4.78, 5) is 0. The highest BCUT2D eigenvalue weighted by molar-refractivity contribution is 4.69. The van der Waals surface area contributed by atoms with Crippen molar-refractivity contribution in [3.63, 3.8) is 0 Å². The molecule has 0 bridgehead atoms. The summed E-state index contributed by atoms with van der Waals surface area (Å²) in [7, 11) is 0. The molecule has 1 heterocycles. The monoisotopic (exact) mass is 115 g/mol. The van der Waals surface area contributed by atoms with E-state index >= 15 is 0 Å². The lowest BCUT2D eigenvalue weighted by atomic mass is 10.0. The number of rotatable bonds is 0. The van der Waals surface area contributed by atoms with Gasteiger partial charge >= 0.3 is 0 Å². The minimum atomic E-state index is 0.628. The van der Waals surface area contributed by atoms with Crippen LogP contribution in [0.3, 0.4) is 0 Å². The number of nitrogens with one attached hydrogen (secondary N) is 1. The maximum Gasteiger partial charge on any atom is 0.0967 e. The van der Waals surface area contributed by atoms with Crippen molar-refractivity contribution < 1.29 is 4.74 Å². The molecule has 8 heavy (non-hydrogen) atoms. The van der Waals surface area contributed by atoms with E-state index in [0.717, 1.165) is 13.3 Å². The van der Waals surface area contributed by atoms with Gasteiger partial charge in [0.2, 0.25) is 0 Å². The molecule has 2 heteroatoms. The third-order valence-electron chi connectivity index (χ3n) is 1.74. The molecule has 0 aromatic carbocycles. The summed E-state index contributed by atoms with van der Waals surface area (Å²) in [6.45, 7) is 6.02. The summed E-state index contributed by atoms with van der Waals surface area (Å²) in [5, 5.41) is 3.21. The van der Waals surface area contributed by atoms with Crippen LogP contribution in [0.25, 0.3) is 0 Å². The molecule has 1 saturated heterocycles. The van der Waals surface area contributed by atoms with Gasteiger partial charge < -0.3 is 4.74 Å². The van der Waals surface area contributed by atoms with E-state index in [4.69, 9.17) is 4.74 Å². The summed E-state index contributed by atoms with van der Waals surface area (Å²) in [6.07, 6.45) is 0. The molecule has 0 amide bonds. The van der Waals surface area contributed by atoms with Crippen LogP contribution in [0.15, 0.2) is 0 Å². The quantitative estimate of drug-likeness (QED) is 0.499. The van der Waals surface area contributed by atoms with Crippen molar-refractivity contribution in [2.24, 2.45) is 5.92 Å². The van der Waals surface area contributed by atoms with Crippen molar-refractivity contribution >= 4 is 0 Å². The van der Waals surface area contributed by atoms with Crippen LogP contribution in [-0.2, 0) is 4.74 Å². The van der Waals surface area contributed by atoms with Crippen molar-refractivity contribution in [3.05, 3.63) is 0 Å². The van der Waals surface area contributed by atoms with Gasteiger partial charge in [-0.2, -0.15) is 0 Å².